The number of aryl methyl sites for hydroxylation is 1. The Morgan fingerprint density at radius 1 is 0.950 bits per heavy atom. The molecule has 0 unspecified atom stereocenters. The normalized spacial score (nSPS) is 10.8. The van der Waals surface area contributed by atoms with Crippen molar-refractivity contribution in [3.8, 4) is 5.75 Å². The number of benzene rings is 2. The molecule has 0 saturated carbocycles. The average molecular weight is 266 g/mol. The molecule has 0 fully saturated rings. The Morgan fingerprint density at radius 3 is 2.65 bits per heavy atom. The van der Waals surface area contributed by atoms with E-state index in [2.05, 4.69) is 22.9 Å². The standard InChI is InChI=1S/C17H18N2O/c18-16-9-4-6-14-10-12-19(17(14)16)11-5-13-20-15-7-2-1-3-8-15/h1-4,6-10,12H,5,11,13,18H2. The van der Waals surface area contributed by atoms with Gasteiger partial charge in [0.1, 0.15) is 5.75 Å². The SMILES string of the molecule is Nc1cccc2ccn(CCCOc3ccccc3)c12. The van der Waals surface area contributed by atoms with Crippen molar-refractivity contribution >= 4 is 16.6 Å². The quantitative estimate of drug-likeness (QED) is 0.565. The van der Waals surface area contributed by atoms with Gasteiger partial charge < -0.3 is 15.0 Å². The van der Waals surface area contributed by atoms with E-state index in [9.17, 15) is 0 Å². The minimum atomic E-state index is 0.705. The van der Waals surface area contributed by atoms with Gasteiger partial charge in [-0.2, -0.15) is 0 Å². The molecule has 1 aromatic heterocycles. The van der Waals surface area contributed by atoms with Gasteiger partial charge in [0, 0.05) is 18.1 Å². The summed E-state index contributed by atoms with van der Waals surface area (Å²) in [4.78, 5) is 0. The van der Waals surface area contributed by atoms with E-state index in [0.29, 0.717) is 6.61 Å². The van der Waals surface area contributed by atoms with Gasteiger partial charge >= 0.3 is 0 Å². The van der Waals surface area contributed by atoms with Crippen LogP contribution in [0.5, 0.6) is 5.75 Å². The number of ether oxygens (including phenoxy) is 1. The Morgan fingerprint density at radius 2 is 1.80 bits per heavy atom. The zero-order chi connectivity index (χ0) is 13.8. The van der Waals surface area contributed by atoms with Gasteiger partial charge in [0.2, 0.25) is 0 Å². The van der Waals surface area contributed by atoms with Crippen molar-refractivity contribution in [2.75, 3.05) is 12.3 Å². The summed E-state index contributed by atoms with van der Waals surface area (Å²) in [6, 6.07) is 18.0. The Balaban J connectivity index is 1.60. The second-order valence-electron chi connectivity index (χ2n) is 4.81. The molecule has 0 aliphatic carbocycles. The third-order valence-corrected chi connectivity index (χ3v) is 3.37. The minimum Gasteiger partial charge on any atom is -0.494 e. The third-order valence-electron chi connectivity index (χ3n) is 3.37. The molecule has 1 heterocycles. The van der Waals surface area contributed by atoms with Gasteiger partial charge in [0.15, 0.2) is 0 Å². The highest BCUT2D eigenvalue weighted by Gasteiger charge is 2.03. The zero-order valence-corrected chi connectivity index (χ0v) is 11.3. The van der Waals surface area contributed by atoms with E-state index in [-0.39, 0.29) is 0 Å². The van der Waals surface area contributed by atoms with Crippen molar-refractivity contribution in [1.29, 1.82) is 0 Å². The molecular weight excluding hydrogens is 248 g/mol. The number of aromatic nitrogens is 1. The first-order valence-corrected chi connectivity index (χ1v) is 6.86. The fourth-order valence-corrected chi connectivity index (χ4v) is 2.42. The second-order valence-corrected chi connectivity index (χ2v) is 4.81. The first-order chi connectivity index (χ1) is 9.84. The first kappa shape index (κ1) is 12.6. The number of anilines is 1. The van der Waals surface area contributed by atoms with Gasteiger partial charge in [-0.1, -0.05) is 30.3 Å². The number of nitrogen functional groups attached to an aromatic ring is 1. The molecule has 2 aromatic carbocycles. The number of fused-ring (bicyclic) bond motifs is 1. The van der Waals surface area contributed by atoms with Gasteiger partial charge in [-0.25, -0.2) is 0 Å². The largest absolute Gasteiger partial charge is 0.494 e. The molecule has 3 nitrogen and oxygen atoms in total. The number of nitrogens with two attached hydrogens (primary N) is 1. The van der Waals surface area contributed by atoms with Crippen LogP contribution in [0.2, 0.25) is 0 Å². The van der Waals surface area contributed by atoms with Crippen LogP contribution in [0, 0.1) is 0 Å². The fourth-order valence-electron chi connectivity index (χ4n) is 2.42. The van der Waals surface area contributed by atoms with Crippen molar-refractivity contribution in [3.05, 3.63) is 60.8 Å². The monoisotopic (exact) mass is 266 g/mol. The predicted octanol–water partition coefficient (Wildman–Crippen LogP) is 3.69. The highest BCUT2D eigenvalue weighted by Crippen LogP contribution is 2.22. The summed E-state index contributed by atoms with van der Waals surface area (Å²) in [7, 11) is 0. The van der Waals surface area contributed by atoms with Crippen LogP contribution in [0.3, 0.4) is 0 Å². The van der Waals surface area contributed by atoms with E-state index < -0.39 is 0 Å². The molecule has 0 bridgehead atoms. The lowest BCUT2D eigenvalue weighted by Crippen LogP contribution is -2.04. The predicted molar refractivity (Wildman–Crippen MR) is 82.9 cm³/mol. The minimum absolute atomic E-state index is 0.705. The number of para-hydroxylation sites is 2. The van der Waals surface area contributed by atoms with Crippen molar-refractivity contribution in [3.63, 3.8) is 0 Å². The summed E-state index contributed by atoms with van der Waals surface area (Å²) in [6.45, 7) is 1.61. The lowest BCUT2D eigenvalue weighted by Gasteiger charge is -2.09. The molecule has 0 aliphatic heterocycles. The fraction of sp³-hybridized carbons (Fsp3) is 0.176. The summed E-state index contributed by atoms with van der Waals surface area (Å²) in [5.41, 5.74) is 7.99. The summed E-state index contributed by atoms with van der Waals surface area (Å²) < 4.78 is 7.90. The molecule has 2 N–H and O–H groups in total. The Kier molecular flexibility index (Phi) is 3.59. The molecule has 3 heteroatoms. The van der Waals surface area contributed by atoms with Gasteiger partial charge in [-0.3, -0.25) is 0 Å². The number of rotatable bonds is 5. The molecule has 0 aliphatic rings. The molecule has 3 rings (SSSR count). The molecule has 0 spiro atoms. The molecular formula is C17H18N2O. The lowest BCUT2D eigenvalue weighted by molar-refractivity contribution is 0.302. The number of hydrogen-bond donors (Lipinski definition) is 1. The van der Waals surface area contributed by atoms with Crippen molar-refractivity contribution in [2.45, 2.75) is 13.0 Å². The Bertz CT molecular complexity index is 689. The number of hydrogen-bond acceptors (Lipinski definition) is 2. The zero-order valence-electron chi connectivity index (χ0n) is 11.3. The van der Waals surface area contributed by atoms with Crippen LogP contribution in [0.25, 0.3) is 10.9 Å². The van der Waals surface area contributed by atoms with Crippen LogP contribution < -0.4 is 10.5 Å². The topological polar surface area (TPSA) is 40.2 Å². The average Bonchev–Trinajstić information content (AvgIpc) is 2.89. The smallest absolute Gasteiger partial charge is 0.119 e. The van der Waals surface area contributed by atoms with Gasteiger partial charge in [-0.15, -0.1) is 0 Å². The van der Waals surface area contributed by atoms with Crippen LogP contribution in [-0.2, 0) is 6.54 Å². The Labute approximate surface area is 118 Å². The number of nitrogens with zero attached hydrogens (tertiary/aromatic N) is 1. The molecule has 0 saturated heterocycles. The van der Waals surface area contributed by atoms with Crippen molar-refractivity contribution in [2.24, 2.45) is 0 Å². The van der Waals surface area contributed by atoms with Crippen LogP contribution in [0.4, 0.5) is 5.69 Å². The maximum absolute atomic E-state index is 6.04. The van der Waals surface area contributed by atoms with E-state index in [1.54, 1.807) is 0 Å². The van der Waals surface area contributed by atoms with Crippen LogP contribution in [-0.4, -0.2) is 11.2 Å². The lowest BCUT2D eigenvalue weighted by atomic mass is 10.2. The Hall–Kier alpha value is -2.42. The maximum Gasteiger partial charge on any atom is 0.119 e. The van der Waals surface area contributed by atoms with E-state index in [4.69, 9.17) is 10.5 Å². The van der Waals surface area contributed by atoms with Gasteiger partial charge in [0.25, 0.3) is 0 Å². The van der Waals surface area contributed by atoms with E-state index >= 15 is 0 Å². The highest BCUT2D eigenvalue weighted by atomic mass is 16.5. The highest BCUT2D eigenvalue weighted by molar-refractivity contribution is 5.90. The summed E-state index contributed by atoms with van der Waals surface area (Å²) in [5, 5.41) is 1.19. The molecule has 0 amide bonds. The molecule has 0 radical (unpaired) electrons. The van der Waals surface area contributed by atoms with Crippen LogP contribution in [0.15, 0.2) is 60.8 Å². The van der Waals surface area contributed by atoms with Crippen molar-refractivity contribution in [1.82, 2.24) is 4.57 Å². The molecule has 0 atom stereocenters. The first-order valence-electron chi connectivity index (χ1n) is 6.86. The van der Waals surface area contributed by atoms with Gasteiger partial charge in [-0.05, 0) is 30.7 Å². The molecule has 102 valence electrons. The summed E-state index contributed by atoms with van der Waals surface area (Å²) >= 11 is 0. The van der Waals surface area contributed by atoms with Gasteiger partial charge in [0.05, 0.1) is 17.8 Å². The van der Waals surface area contributed by atoms with E-state index in [1.165, 1.54) is 5.39 Å². The summed E-state index contributed by atoms with van der Waals surface area (Å²) in [5.74, 6) is 0.921. The molecule has 20 heavy (non-hydrogen) atoms. The van der Waals surface area contributed by atoms with Crippen molar-refractivity contribution < 1.29 is 4.74 Å². The van der Waals surface area contributed by atoms with Crippen LogP contribution >= 0.6 is 0 Å². The van der Waals surface area contributed by atoms with E-state index in [1.807, 2.05) is 42.5 Å². The third kappa shape index (κ3) is 2.62. The maximum atomic E-state index is 6.04. The second kappa shape index (κ2) is 5.70. The molecule has 3 aromatic rings. The summed E-state index contributed by atoms with van der Waals surface area (Å²) in [6.07, 6.45) is 3.04. The van der Waals surface area contributed by atoms with E-state index in [0.717, 1.165) is 29.9 Å². The van der Waals surface area contributed by atoms with Crippen LogP contribution in [0.1, 0.15) is 6.42 Å².